The number of carboxylic acids is 1. The van der Waals surface area contributed by atoms with Crippen molar-refractivity contribution in [3.63, 3.8) is 0 Å². The first kappa shape index (κ1) is 19.3. The third-order valence-corrected chi connectivity index (χ3v) is 2.63. The number of hydrogen-bond donors (Lipinski definition) is 2. The van der Waals surface area contributed by atoms with Crippen LogP contribution >= 0.6 is 0 Å². The molecule has 1 aromatic carbocycles. The van der Waals surface area contributed by atoms with Crippen molar-refractivity contribution in [2.24, 2.45) is 0 Å². The number of ether oxygens (including phenoxy) is 3. The van der Waals surface area contributed by atoms with E-state index in [9.17, 15) is 14.4 Å². The predicted molar refractivity (Wildman–Crippen MR) is 81.4 cm³/mol. The number of carbonyl (C=O) groups excluding carboxylic acids is 2. The Morgan fingerprint density at radius 3 is 2.38 bits per heavy atom. The van der Waals surface area contributed by atoms with Crippen molar-refractivity contribution in [3.05, 3.63) is 48.0 Å². The second-order valence-corrected chi connectivity index (χ2v) is 4.64. The Balaban J connectivity index is 0.000000307. The zero-order valence-electron chi connectivity index (χ0n) is 13.0. The summed E-state index contributed by atoms with van der Waals surface area (Å²) in [5.41, 5.74) is 0.0138. The van der Waals surface area contributed by atoms with Gasteiger partial charge in [-0.25, -0.2) is 14.4 Å². The van der Waals surface area contributed by atoms with E-state index in [0.29, 0.717) is 6.61 Å². The minimum Gasteiger partial charge on any atom is -0.478 e. The molecule has 8 nitrogen and oxygen atoms in total. The van der Waals surface area contributed by atoms with Crippen LogP contribution in [0.4, 0.5) is 0 Å². The molecule has 2 atom stereocenters. The van der Waals surface area contributed by atoms with E-state index in [1.54, 1.807) is 12.1 Å². The van der Waals surface area contributed by atoms with Gasteiger partial charge in [-0.3, -0.25) is 0 Å². The zero-order valence-corrected chi connectivity index (χ0v) is 13.0. The molecule has 2 N–H and O–H groups in total. The van der Waals surface area contributed by atoms with E-state index < -0.39 is 24.2 Å². The molecule has 130 valence electrons. The second kappa shape index (κ2) is 9.43. The lowest BCUT2D eigenvalue weighted by atomic mass is 10.1. The van der Waals surface area contributed by atoms with Gasteiger partial charge in [-0.05, 0) is 19.1 Å². The highest BCUT2D eigenvalue weighted by atomic mass is 16.6. The quantitative estimate of drug-likeness (QED) is 0.341. The molecule has 0 saturated carbocycles. The number of aromatic carboxylic acids is 1. The highest BCUT2D eigenvalue weighted by Crippen LogP contribution is 2.13. The first-order valence-electron chi connectivity index (χ1n) is 6.97. The summed E-state index contributed by atoms with van der Waals surface area (Å²) in [7, 11) is 0. The average Bonchev–Trinajstić information content (AvgIpc) is 3.36. The lowest BCUT2D eigenvalue weighted by Crippen LogP contribution is -2.14. The number of esters is 2. The Morgan fingerprint density at radius 2 is 1.96 bits per heavy atom. The molecule has 1 aliphatic rings. The number of benzene rings is 1. The standard InChI is InChI=1S/C11H10O5.C5H8O3/c12-10(13)8-3-1-2-4-9(8)11(14)16-6-7-5-15-7;1-3-5(7)8-4(2)6/h1-4,7H,5-6H2,(H,12,13);3-4,6H,1H2,2H3. The molecule has 0 aliphatic carbocycles. The van der Waals surface area contributed by atoms with Gasteiger partial charge in [-0.15, -0.1) is 0 Å². The maximum Gasteiger partial charge on any atom is 0.339 e. The first-order chi connectivity index (χ1) is 11.3. The normalized spacial score (nSPS) is 16.0. The van der Waals surface area contributed by atoms with Crippen molar-refractivity contribution in [1.29, 1.82) is 0 Å². The number of aliphatic hydroxyl groups is 1. The minimum absolute atomic E-state index is 0.0269. The summed E-state index contributed by atoms with van der Waals surface area (Å²) in [6.07, 6.45) is -0.0753. The van der Waals surface area contributed by atoms with Gasteiger partial charge in [-0.1, -0.05) is 18.7 Å². The third-order valence-electron chi connectivity index (χ3n) is 2.63. The number of epoxide rings is 1. The minimum atomic E-state index is -1.14. The summed E-state index contributed by atoms with van der Waals surface area (Å²) in [5.74, 6) is -2.39. The van der Waals surface area contributed by atoms with E-state index in [-0.39, 0.29) is 23.8 Å². The fourth-order valence-electron chi connectivity index (χ4n) is 1.47. The molecule has 2 unspecified atom stereocenters. The van der Waals surface area contributed by atoms with Gasteiger partial charge in [0.05, 0.1) is 17.7 Å². The SMILES string of the molecule is C=CC(=O)OC(C)O.O=C(O)c1ccccc1C(=O)OCC1CO1. The molecule has 1 aromatic rings. The van der Waals surface area contributed by atoms with E-state index >= 15 is 0 Å². The predicted octanol–water partition coefficient (Wildman–Crippen LogP) is 0.994. The first-order valence-corrected chi connectivity index (χ1v) is 6.97. The molecule has 8 heteroatoms. The Hall–Kier alpha value is -2.71. The van der Waals surface area contributed by atoms with Crippen LogP contribution in [-0.2, 0) is 19.0 Å². The number of carbonyl (C=O) groups is 3. The second-order valence-electron chi connectivity index (χ2n) is 4.64. The topological polar surface area (TPSA) is 123 Å². The molecule has 1 fully saturated rings. The summed E-state index contributed by atoms with van der Waals surface area (Å²) < 4.78 is 14.0. The fraction of sp³-hybridized carbons (Fsp3) is 0.312. The van der Waals surface area contributed by atoms with Crippen LogP contribution in [0.2, 0.25) is 0 Å². The zero-order chi connectivity index (χ0) is 18.1. The van der Waals surface area contributed by atoms with Gasteiger partial charge in [0.2, 0.25) is 0 Å². The van der Waals surface area contributed by atoms with Crippen molar-refractivity contribution in [3.8, 4) is 0 Å². The maximum atomic E-state index is 11.6. The van der Waals surface area contributed by atoms with Crippen LogP contribution in [-0.4, -0.2) is 53.7 Å². The van der Waals surface area contributed by atoms with Crippen molar-refractivity contribution in [2.45, 2.75) is 19.3 Å². The average molecular weight is 338 g/mol. The number of hydrogen-bond acceptors (Lipinski definition) is 7. The van der Waals surface area contributed by atoms with Crippen molar-refractivity contribution in [1.82, 2.24) is 0 Å². The van der Waals surface area contributed by atoms with Crippen LogP contribution in [0.5, 0.6) is 0 Å². The van der Waals surface area contributed by atoms with Crippen LogP contribution in [0.3, 0.4) is 0 Å². The summed E-state index contributed by atoms with van der Waals surface area (Å²) in [5, 5.41) is 17.2. The summed E-state index contributed by atoms with van der Waals surface area (Å²) in [6, 6.07) is 5.95. The van der Waals surface area contributed by atoms with Crippen molar-refractivity contribution >= 4 is 17.9 Å². The van der Waals surface area contributed by atoms with E-state index in [4.69, 9.17) is 19.7 Å². The number of carboxylic acid groups (broad SMARTS) is 1. The summed E-state index contributed by atoms with van der Waals surface area (Å²) in [6.45, 7) is 5.24. The molecular formula is C16H18O8. The fourth-order valence-corrected chi connectivity index (χ4v) is 1.47. The molecule has 0 amide bonds. The van der Waals surface area contributed by atoms with E-state index in [0.717, 1.165) is 6.08 Å². The van der Waals surface area contributed by atoms with E-state index in [1.165, 1.54) is 19.1 Å². The monoisotopic (exact) mass is 338 g/mol. The van der Waals surface area contributed by atoms with Crippen molar-refractivity contribution < 1.29 is 38.8 Å². The molecule has 24 heavy (non-hydrogen) atoms. The van der Waals surface area contributed by atoms with Crippen LogP contribution in [0.1, 0.15) is 27.6 Å². The van der Waals surface area contributed by atoms with Crippen LogP contribution in [0.15, 0.2) is 36.9 Å². The van der Waals surface area contributed by atoms with E-state index in [1.807, 2.05) is 0 Å². The van der Waals surface area contributed by atoms with Crippen LogP contribution in [0.25, 0.3) is 0 Å². The van der Waals surface area contributed by atoms with Gasteiger partial charge < -0.3 is 24.4 Å². The van der Waals surface area contributed by atoms with Gasteiger partial charge >= 0.3 is 17.9 Å². The Labute approximate surface area is 138 Å². The van der Waals surface area contributed by atoms with Crippen LogP contribution in [0, 0.1) is 0 Å². The smallest absolute Gasteiger partial charge is 0.339 e. The lowest BCUT2D eigenvalue weighted by molar-refractivity contribution is -0.158. The number of rotatable bonds is 6. The Bertz CT molecular complexity index is 604. The molecular weight excluding hydrogens is 320 g/mol. The molecule has 1 saturated heterocycles. The Morgan fingerprint density at radius 1 is 1.38 bits per heavy atom. The maximum absolute atomic E-state index is 11.6. The highest BCUT2D eigenvalue weighted by molar-refractivity contribution is 6.02. The molecule has 0 radical (unpaired) electrons. The van der Waals surface area contributed by atoms with Crippen molar-refractivity contribution in [2.75, 3.05) is 13.2 Å². The number of aliphatic hydroxyl groups excluding tert-OH is 1. The van der Waals surface area contributed by atoms with E-state index in [2.05, 4.69) is 11.3 Å². The summed E-state index contributed by atoms with van der Waals surface area (Å²) in [4.78, 5) is 32.5. The van der Waals surface area contributed by atoms with Gasteiger partial charge in [0, 0.05) is 6.08 Å². The largest absolute Gasteiger partial charge is 0.478 e. The van der Waals surface area contributed by atoms with Gasteiger partial charge in [0.1, 0.15) is 12.7 Å². The van der Waals surface area contributed by atoms with Crippen LogP contribution < -0.4 is 0 Å². The molecule has 2 rings (SSSR count). The molecule has 1 heterocycles. The van der Waals surface area contributed by atoms with Gasteiger partial charge in [0.25, 0.3) is 0 Å². The molecule has 0 spiro atoms. The molecule has 0 bridgehead atoms. The lowest BCUT2D eigenvalue weighted by Gasteiger charge is -2.05. The van der Waals surface area contributed by atoms with Gasteiger partial charge in [-0.2, -0.15) is 0 Å². The molecule has 0 aromatic heterocycles. The molecule has 1 aliphatic heterocycles. The van der Waals surface area contributed by atoms with Gasteiger partial charge in [0.15, 0.2) is 6.29 Å². The third kappa shape index (κ3) is 7.03. The summed E-state index contributed by atoms with van der Waals surface area (Å²) >= 11 is 0. The highest BCUT2D eigenvalue weighted by Gasteiger charge is 2.25. The Kier molecular flexibility index (Phi) is 7.60.